The molecule has 3 rings (SSSR count). The van der Waals surface area contributed by atoms with Crippen molar-refractivity contribution in [2.75, 3.05) is 13.2 Å². The summed E-state index contributed by atoms with van der Waals surface area (Å²) in [5.74, 6) is 1.05. The van der Waals surface area contributed by atoms with Crippen molar-refractivity contribution in [3.63, 3.8) is 0 Å². The quantitative estimate of drug-likeness (QED) is 0.673. The molecule has 6 nitrogen and oxygen atoms in total. The van der Waals surface area contributed by atoms with Crippen molar-refractivity contribution in [1.29, 1.82) is 0 Å². The Kier molecular flexibility index (Phi) is 4.42. The van der Waals surface area contributed by atoms with E-state index in [1.807, 2.05) is 0 Å². The largest absolute Gasteiger partial charge is 0.508 e. The third-order valence-corrected chi connectivity index (χ3v) is 3.28. The molecule has 2 aromatic carbocycles. The number of ether oxygens (including phenoxy) is 2. The minimum absolute atomic E-state index is 0.179. The molecule has 0 radical (unpaired) electrons. The van der Waals surface area contributed by atoms with Gasteiger partial charge < -0.3 is 14.6 Å². The van der Waals surface area contributed by atoms with E-state index in [-0.39, 0.29) is 11.7 Å². The molecule has 0 saturated heterocycles. The van der Waals surface area contributed by atoms with Crippen LogP contribution in [0.4, 0.5) is 0 Å². The number of hydrogen-bond donors (Lipinski definition) is 2. The molecule has 1 aliphatic heterocycles. The van der Waals surface area contributed by atoms with Gasteiger partial charge in [0.05, 0.1) is 19.4 Å². The number of hydrazone groups is 1. The van der Waals surface area contributed by atoms with E-state index < -0.39 is 0 Å². The number of hydrogen-bond acceptors (Lipinski definition) is 5. The van der Waals surface area contributed by atoms with Crippen LogP contribution in [0.25, 0.3) is 0 Å². The summed E-state index contributed by atoms with van der Waals surface area (Å²) in [6.45, 7) is 1.17. The van der Waals surface area contributed by atoms with Crippen LogP contribution in [0.3, 0.4) is 0 Å². The topological polar surface area (TPSA) is 80.2 Å². The Morgan fingerprint density at radius 1 is 1.09 bits per heavy atom. The molecule has 6 heteroatoms. The normalized spacial score (nSPS) is 13.6. The van der Waals surface area contributed by atoms with E-state index in [1.54, 1.807) is 42.5 Å². The fraction of sp³-hybridized carbons (Fsp3) is 0.176. The van der Waals surface area contributed by atoms with Gasteiger partial charge in [0.25, 0.3) is 5.91 Å². The number of rotatable bonds is 3. The molecule has 0 aliphatic carbocycles. The lowest BCUT2D eigenvalue weighted by molar-refractivity contribution is 0.0954. The summed E-state index contributed by atoms with van der Waals surface area (Å²) in [4.78, 5) is 12.1. The van der Waals surface area contributed by atoms with Gasteiger partial charge in [-0.15, -0.1) is 0 Å². The van der Waals surface area contributed by atoms with Gasteiger partial charge in [0.15, 0.2) is 11.5 Å². The number of aromatic hydroxyl groups is 1. The Balaban J connectivity index is 1.66. The summed E-state index contributed by atoms with van der Waals surface area (Å²) >= 11 is 0. The summed E-state index contributed by atoms with van der Waals surface area (Å²) in [7, 11) is 0. The monoisotopic (exact) mass is 312 g/mol. The van der Waals surface area contributed by atoms with Crippen molar-refractivity contribution in [2.45, 2.75) is 6.42 Å². The SMILES string of the molecule is O=C(N/N=C/c1ccc(O)cc1)c1ccc2c(c1)OCCCO2. The zero-order valence-corrected chi connectivity index (χ0v) is 12.4. The number of benzene rings is 2. The minimum Gasteiger partial charge on any atom is -0.508 e. The van der Waals surface area contributed by atoms with E-state index >= 15 is 0 Å². The van der Waals surface area contributed by atoms with Crippen molar-refractivity contribution in [2.24, 2.45) is 5.10 Å². The molecule has 23 heavy (non-hydrogen) atoms. The predicted octanol–water partition coefficient (Wildman–Crippen LogP) is 2.32. The number of nitrogens with one attached hydrogen (secondary N) is 1. The van der Waals surface area contributed by atoms with Crippen LogP contribution in [0.5, 0.6) is 17.2 Å². The molecule has 1 amide bonds. The summed E-state index contributed by atoms with van der Waals surface area (Å²) in [6.07, 6.45) is 2.31. The number of nitrogens with zero attached hydrogens (tertiary/aromatic N) is 1. The lowest BCUT2D eigenvalue weighted by Gasteiger charge is -2.08. The summed E-state index contributed by atoms with van der Waals surface area (Å²) in [5.41, 5.74) is 3.66. The fourth-order valence-corrected chi connectivity index (χ4v) is 2.09. The molecule has 0 atom stereocenters. The molecular formula is C17H16N2O4. The molecular weight excluding hydrogens is 296 g/mol. The summed E-state index contributed by atoms with van der Waals surface area (Å²) in [6, 6.07) is 11.5. The first kappa shape index (κ1) is 14.9. The molecule has 0 saturated carbocycles. The van der Waals surface area contributed by atoms with Gasteiger partial charge >= 0.3 is 0 Å². The molecule has 1 heterocycles. The van der Waals surface area contributed by atoms with Crippen molar-refractivity contribution >= 4 is 12.1 Å². The van der Waals surface area contributed by atoms with Crippen molar-refractivity contribution in [3.05, 3.63) is 53.6 Å². The van der Waals surface area contributed by atoms with E-state index in [4.69, 9.17) is 9.47 Å². The molecule has 2 aromatic rings. The highest BCUT2D eigenvalue weighted by Gasteiger charge is 2.13. The van der Waals surface area contributed by atoms with Crippen LogP contribution in [0.1, 0.15) is 22.3 Å². The van der Waals surface area contributed by atoms with Crippen LogP contribution in [0.15, 0.2) is 47.6 Å². The molecule has 0 unspecified atom stereocenters. The number of amides is 1. The van der Waals surface area contributed by atoms with Crippen LogP contribution in [0, 0.1) is 0 Å². The third kappa shape index (κ3) is 3.79. The van der Waals surface area contributed by atoms with Gasteiger partial charge in [0.1, 0.15) is 5.75 Å². The second-order valence-corrected chi connectivity index (χ2v) is 5.00. The second-order valence-electron chi connectivity index (χ2n) is 5.00. The summed E-state index contributed by atoms with van der Waals surface area (Å²) < 4.78 is 11.1. The van der Waals surface area contributed by atoms with Crippen LogP contribution >= 0.6 is 0 Å². The number of carbonyl (C=O) groups excluding carboxylic acids is 1. The molecule has 0 bridgehead atoms. The zero-order chi connectivity index (χ0) is 16.1. The lowest BCUT2D eigenvalue weighted by atomic mass is 10.2. The van der Waals surface area contributed by atoms with Crippen molar-refractivity contribution in [1.82, 2.24) is 5.43 Å². The van der Waals surface area contributed by atoms with Gasteiger partial charge in [0.2, 0.25) is 0 Å². The lowest BCUT2D eigenvalue weighted by Crippen LogP contribution is -2.17. The van der Waals surface area contributed by atoms with Gasteiger partial charge in [-0.3, -0.25) is 4.79 Å². The van der Waals surface area contributed by atoms with E-state index in [9.17, 15) is 9.90 Å². The Morgan fingerprint density at radius 3 is 2.61 bits per heavy atom. The fourth-order valence-electron chi connectivity index (χ4n) is 2.09. The van der Waals surface area contributed by atoms with Crippen molar-refractivity contribution < 1.29 is 19.4 Å². The predicted molar refractivity (Wildman–Crippen MR) is 85.2 cm³/mol. The Hall–Kier alpha value is -3.02. The van der Waals surface area contributed by atoms with Crippen LogP contribution < -0.4 is 14.9 Å². The average molecular weight is 312 g/mol. The zero-order valence-electron chi connectivity index (χ0n) is 12.4. The Labute approximate surface area is 133 Å². The number of carbonyl (C=O) groups is 1. The van der Waals surface area contributed by atoms with Crippen LogP contribution in [0.2, 0.25) is 0 Å². The molecule has 2 N–H and O–H groups in total. The molecule has 118 valence electrons. The summed E-state index contributed by atoms with van der Waals surface area (Å²) in [5, 5.41) is 13.1. The first-order valence-corrected chi connectivity index (χ1v) is 7.24. The highest BCUT2D eigenvalue weighted by atomic mass is 16.5. The molecule has 0 spiro atoms. The Morgan fingerprint density at radius 2 is 1.83 bits per heavy atom. The molecule has 1 aliphatic rings. The van der Waals surface area contributed by atoms with E-state index in [0.29, 0.717) is 30.3 Å². The highest BCUT2D eigenvalue weighted by molar-refractivity contribution is 5.95. The van der Waals surface area contributed by atoms with Crippen LogP contribution in [-0.4, -0.2) is 30.4 Å². The number of phenols is 1. The van der Waals surface area contributed by atoms with E-state index in [0.717, 1.165) is 12.0 Å². The standard InChI is InChI=1S/C17H16N2O4/c20-14-5-2-12(3-6-14)11-18-19-17(21)13-4-7-15-16(10-13)23-9-1-8-22-15/h2-7,10-11,20H,1,8-9H2,(H,19,21)/b18-11+. The maximum Gasteiger partial charge on any atom is 0.271 e. The van der Waals surface area contributed by atoms with Gasteiger partial charge in [-0.05, 0) is 48.0 Å². The molecule has 0 aromatic heterocycles. The van der Waals surface area contributed by atoms with E-state index in [2.05, 4.69) is 10.5 Å². The van der Waals surface area contributed by atoms with Crippen LogP contribution in [-0.2, 0) is 0 Å². The smallest absolute Gasteiger partial charge is 0.271 e. The Bertz CT molecular complexity index is 726. The first-order chi connectivity index (χ1) is 11.2. The van der Waals surface area contributed by atoms with Gasteiger partial charge in [-0.2, -0.15) is 5.10 Å². The van der Waals surface area contributed by atoms with Gasteiger partial charge in [-0.25, -0.2) is 5.43 Å². The number of phenolic OH excluding ortho intramolecular Hbond substituents is 1. The van der Waals surface area contributed by atoms with Gasteiger partial charge in [-0.1, -0.05) is 0 Å². The molecule has 0 fully saturated rings. The third-order valence-electron chi connectivity index (χ3n) is 3.28. The maximum atomic E-state index is 12.1. The average Bonchev–Trinajstić information content (AvgIpc) is 2.81. The highest BCUT2D eigenvalue weighted by Crippen LogP contribution is 2.30. The first-order valence-electron chi connectivity index (χ1n) is 7.24. The number of fused-ring (bicyclic) bond motifs is 1. The minimum atomic E-state index is -0.337. The maximum absolute atomic E-state index is 12.1. The van der Waals surface area contributed by atoms with E-state index in [1.165, 1.54) is 6.21 Å². The second kappa shape index (κ2) is 6.83. The van der Waals surface area contributed by atoms with Crippen molar-refractivity contribution in [3.8, 4) is 17.2 Å². The van der Waals surface area contributed by atoms with Gasteiger partial charge in [0, 0.05) is 12.0 Å².